The standard InChI is InChI=1S/C14H16BrN3O3/c1-8-7-11(15)20-12(8)14(19)18-5-3-10(4-6-18)13-16-9(2)17-21-13/h7,10H,3-6H2,1-2H3. The van der Waals surface area contributed by atoms with Crippen LogP contribution in [0.1, 0.15) is 46.6 Å². The number of rotatable bonds is 2. The van der Waals surface area contributed by atoms with E-state index in [1.54, 1.807) is 6.07 Å². The summed E-state index contributed by atoms with van der Waals surface area (Å²) in [7, 11) is 0. The van der Waals surface area contributed by atoms with Gasteiger partial charge in [0.2, 0.25) is 5.89 Å². The molecule has 112 valence electrons. The molecule has 0 saturated carbocycles. The minimum atomic E-state index is -0.0571. The molecular weight excluding hydrogens is 338 g/mol. The minimum absolute atomic E-state index is 0.0571. The summed E-state index contributed by atoms with van der Waals surface area (Å²) in [6, 6.07) is 1.81. The van der Waals surface area contributed by atoms with Crippen molar-refractivity contribution >= 4 is 21.8 Å². The molecule has 2 aromatic rings. The number of hydrogen-bond donors (Lipinski definition) is 0. The number of carbonyl (C=O) groups is 1. The van der Waals surface area contributed by atoms with Gasteiger partial charge >= 0.3 is 0 Å². The number of aromatic nitrogens is 2. The van der Waals surface area contributed by atoms with Gasteiger partial charge in [-0.3, -0.25) is 4.79 Å². The van der Waals surface area contributed by atoms with E-state index in [9.17, 15) is 4.79 Å². The average Bonchev–Trinajstić information content (AvgIpc) is 3.04. The van der Waals surface area contributed by atoms with E-state index in [0.717, 1.165) is 18.4 Å². The lowest BCUT2D eigenvalue weighted by Crippen LogP contribution is -2.38. The fourth-order valence-corrected chi connectivity index (χ4v) is 3.11. The van der Waals surface area contributed by atoms with Gasteiger partial charge in [0.1, 0.15) is 0 Å². The maximum Gasteiger partial charge on any atom is 0.289 e. The number of halogens is 1. The van der Waals surface area contributed by atoms with E-state index in [1.807, 2.05) is 18.7 Å². The molecule has 0 aromatic carbocycles. The first-order chi connectivity index (χ1) is 10.0. The molecule has 0 spiro atoms. The first-order valence-electron chi connectivity index (χ1n) is 6.90. The van der Waals surface area contributed by atoms with Crippen molar-refractivity contribution in [2.45, 2.75) is 32.6 Å². The Balaban J connectivity index is 1.65. The second kappa shape index (κ2) is 5.63. The SMILES string of the molecule is Cc1noc(C2CCN(C(=O)c3oc(Br)cc3C)CC2)n1. The number of likely N-dealkylation sites (tertiary alicyclic amines) is 1. The number of amides is 1. The average molecular weight is 354 g/mol. The highest BCUT2D eigenvalue weighted by atomic mass is 79.9. The third-order valence-electron chi connectivity index (χ3n) is 3.76. The van der Waals surface area contributed by atoms with Crippen molar-refractivity contribution in [1.82, 2.24) is 15.0 Å². The highest BCUT2D eigenvalue weighted by molar-refractivity contribution is 9.10. The summed E-state index contributed by atoms with van der Waals surface area (Å²) in [5.74, 6) is 1.92. The summed E-state index contributed by atoms with van der Waals surface area (Å²) in [5.41, 5.74) is 0.849. The van der Waals surface area contributed by atoms with Crippen molar-refractivity contribution in [2.75, 3.05) is 13.1 Å². The molecule has 1 saturated heterocycles. The summed E-state index contributed by atoms with van der Waals surface area (Å²) >= 11 is 3.25. The molecule has 7 heteroatoms. The van der Waals surface area contributed by atoms with Crippen LogP contribution in [-0.2, 0) is 0 Å². The van der Waals surface area contributed by atoms with Crippen molar-refractivity contribution in [3.05, 3.63) is 33.8 Å². The third-order valence-corrected chi connectivity index (χ3v) is 4.15. The van der Waals surface area contributed by atoms with Crippen molar-refractivity contribution in [2.24, 2.45) is 0 Å². The summed E-state index contributed by atoms with van der Waals surface area (Å²) in [6.07, 6.45) is 1.66. The van der Waals surface area contributed by atoms with Gasteiger partial charge in [-0.15, -0.1) is 0 Å². The maximum absolute atomic E-state index is 12.4. The van der Waals surface area contributed by atoms with Gasteiger partial charge in [-0.25, -0.2) is 0 Å². The topological polar surface area (TPSA) is 72.4 Å². The van der Waals surface area contributed by atoms with E-state index in [1.165, 1.54) is 0 Å². The lowest BCUT2D eigenvalue weighted by atomic mass is 9.96. The molecule has 1 aliphatic heterocycles. The molecule has 0 bridgehead atoms. The normalized spacial score (nSPS) is 16.4. The molecule has 0 aliphatic carbocycles. The Kier molecular flexibility index (Phi) is 3.84. The number of carbonyl (C=O) groups excluding carboxylic acids is 1. The molecule has 2 aromatic heterocycles. The highest BCUT2D eigenvalue weighted by Crippen LogP contribution is 2.28. The van der Waals surface area contributed by atoms with Crippen LogP contribution in [0.4, 0.5) is 0 Å². The second-order valence-electron chi connectivity index (χ2n) is 5.31. The number of furan rings is 1. The van der Waals surface area contributed by atoms with Crippen LogP contribution in [0.15, 0.2) is 19.7 Å². The van der Waals surface area contributed by atoms with E-state index in [0.29, 0.717) is 35.2 Å². The van der Waals surface area contributed by atoms with E-state index >= 15 is 0 Å². The van der Waals surface area contributed by atoms with Crippen LogP contribution in [0, 0.1) is 13.8 Å². The van der Waals surface area contributed by atoms with Gasteiger partial charge in [0.15, 0.2) is 16.3 Å². The van der Waals surface area contributed by atoms with Crippen LogP contribution >= 0.6 is 15.9 Å². The van der Waals surface area contributed by atoms with Crippen LogP contribution in [-0.4, -0.2) is 34.0 Å². The molecule has 0 unspecified atom stereocenters. The zero-order valence-corrected chi connectivity index (χ0v) is 13.5. The zero-order valence-electron chi connectivity index (χ0n) is 11.9. The number of aryl methyl sites for hydroxylation is 2. The molecule has 1 amide bonds. The monoisotopic (exact) mass is 353 g/mol. The Morgan fingerprint density at radius 1 is 1.38 bits per heavy atom. The molecule has 3 heterocycles. The molecule has 0 atom stereocenters. The van der Waals surface area contributed by atoms with Gasteiger partial charge in [0, 0.05) is 24.6 Å². The predicted octanol–water partition coefficient (Wildman–Crippen LogP) is 3.06. The van der Waals surface area contributed by atoms with E-state index in [-0.39, 0.29) is 11.8 Å². The quantitative estimate of drug-likeness (QED) is 0.829. The molecule has 6 nitrogen and oxygen atoms in total. The van der Waals surface area contributed by atoms with Crippen molar-refractivity contribution in [3.8, 4) is 0 Å². The molecule has 1 fully saturated rings. The molecule has 0 radical (unpaired) electrons. The molecule has 1 aliphatic rings. The van der Waals surface area contributed by atoms with E-state index < -0.39 is 0 Å². The van der Waals surface area contributed by atoms with E-state index in [4.69, 9.17) is 8.94 Å². The van der Waals surface area contributed by atoms with Crippen molar-refractivity contribution < 1.29 is 13.7 Å². The van der Waals surface area contributed by atoms with Crippen LogP contribution < -0.4 is 0 Å². The highest BCUT2D eigenvalue weighted by Gasteiger charge is 2.29. The molecule has 0 N–H and O–H groups in total. The van der Waals surface area contributed by atoms with E-state index in [2.05, 4.69) is 26.1 Å². The van der Waals surface area contributed by atoms with Gasteiger partial charge in [-0.05, 0) is 48.7 Å². The Morgan fingerprint density at radius 3 is 2.62 bits per heavy atom. The summed E-state index contributed by atoms with van der Waals surface area (Å²) in [4.78, 5) is 18.5. The fourth-order valence-electron chi connectivity index (χ4n) is 2.61. The smallest absolute Gasteiger partial charge is 0.289 e. The first-order valence-corrected chi connectivity index (χ1v) is 7.69. The minimum Gasteiger partial charge on any atom is -0.444 e. The van der Waals surface area contributed by atoms with Crippen LogP contribution in [0.3, 0.4) is 0 Å². The molecule has 3 rings (SSSR count). The number of piperidine rings is 1. The third kappa shape index (κ3) is 2.88. The van der Waals surface area contributed by atoms with Crippen molar-refractivity contribution in [1.29, 1.82) is 0 Å². The fraction of sp³-hybridized carbons (Fsp3) is 0.500. The molecule has 21 heavy (non-hydrogen) atoms. The lowest BCUT2D eigenvalue weighted by Gasteiger charge is -2.29. The Bertz CT molecular complexity index is 656. The van der Waals surface area contributed by atoms with Gasteiger partial charge < -0.3 is 13.8 Å². The lowest BCUT2D eigenvalue weighted by molar-refractivity contribution is 0.0670. The predicted molar refractivity (Wildman–Crippen MR) is 78.1 cm³/mol. The van der Waals surface area contributed by atoms with Crippen LogP contribution in [0.5, 0.6) is 0 Å². The number of hydrogen-bond acceptors (Lipinski definition) is 5. The maximum atomic E-state index is 12.4. The van der Waals surface area contributed by atoms with Gasteiger partial charge in [0.25, 0.3) is 5.91 Å². The Morgan fingerprint density at radius 2 is 2.10 bits per heavy atom. The summed E-state index contributed by atoms with van der Waals surface area (Å²) in [5, 5.41) is 3.82. The zero-order chi connectivity index (χ0) is 15.0. The second-order valence-corrected chi connectivity index (χ2v) is 6.09. The van der Waals surface area contributed by atoms with Gasteiger partial charge in [0.05, 0.1) is 0 Å². The molecular formula is C14H16BrN3O3. The number of nitrogens with zero attached hydrogens (tertiary/aromatic N) is 3. The van der Waals surface area contributed by atoms with Gasteiger partial charge in [-0.2, -0.15) is 4.98 Å². The largest absolute Gasteiger partial charge is 0.444 e. The van der Waals surface area contributed by atoms with Gasteiger partial charge in [-0.1, -0.05) is 5.16 Å². The Hall–Kier alpha value is -1.63. The summed E-state index contributed by atoms with van der Waals surface area (Å²) in [6.45, 7) is 5.02. The van der Waals surface area contributed by atoms with Crippen molar-refractivity contribution in [3.63, 3.8) is 0 Å². The summed E-state index contributed by atoms with van der Waals surface area (Å²) < 4.78 is 11.2. The Labute approximate surface area is 130 Å². The van der Waals surface area contributed by atoms with Crippen LogP contribution in [0.25, 0.3) is 0 Å². The first kappa shape index (κ1) is 14.3. The van der Waals surface area contributed by atoms with Crippen LogP contribution in [0.2, 0.25) is 0 Å².